The highest BCUT2D eigenvalue weighted by Crippen LogP contribution is 2.54. The zero-order valence-corrected chi connectivity index (χ0v) is 25.3. The number of ketones is 2. The molecule has 0 aromatic heterocycles. The quantitative estimate of drug-likeness (QED) is 0.372. The minimum Gasteiger partial charge on any atom is -0.493 e. The molecule has 3 aliphatic rings. The Balaban J connectivity index is 1.51. The van der Waals surface area contributed by atoms with Gasteiger partial charge in [0.1, 0.15) is 11.5 Å². The number of methoxy groups -OCH3 is 1. The number of carbonyl (C=O) groups is 3. The van der Waals surface area contributed by atoms with Gasteiger partial charge in [-0.25, -0.2) is 0 Å². The van der Waals surface area contributed by atoms with Crippen LogP contribution in [0.25, 0.3) is 0 Å². The van der Waals surface area contributed by atoms with Crippen LogP contribution in [0.2, 0.25) is 10.0 Å². The predicted octanol–water partition coefficient (Wildman–Crippen LogP) is 7.42. The number of hydrogen-bond acceptors (Lipinski definition) is 6. The summed E-state index contributed by atoms with van der Waals surface area (Å²) >= 11 is 12.9. The summed E-state index contributed by atoms with van der Waals surface area (Å²) in [6.45, 7) is 7.83. The molecule has 1 N–H and O–H groups in total. The molecule has 5 rings (SSSR count). The Morgan fingerprint density at radius 1 is 0.927 bits per heavy atom. The third kappa shape index (κ3) is 5.88. The van der Waals surface area contributed by atoms with E-state index in [0.717, 1.165) is 0 Å². The van der Waals surface area contributed by atoms with Gasteiger partial charge in [-0.05, 0) is 40.7 Å². The number of nitrogens with one attached hydrogen (secondary N) is 1. The lowest BCUT2D eigenvalue weighted by molar-refractivity contribution is -0.120. The van der Waals surface area contributed by atoms with Crippen LogP contribution in [0.15, 0.2) is 59.1 Å². The van der Waals surface area contributed by atoms with E-state index < -0.39 is 11.8 Å². The number of halogens is 2. The molecule has 0 fully saturated rings. The number of amides is 1. The highest BCUT2D eigenvalue weighted by Gasteiger charge is 2.48. The van der Waals surface area contributed by atoms with Crippen LogP contribution in [-0.2, 0) is 19.1 Å². The second-order valence-corrected chi connectivity index (χ2v) is 13.3. The maximum absolute atomic E-state index is 13.6. The molecule has 0 radical (unpaired) electrons. The Morgan fingerprint density at radius 3 is 2.07 bits per heavy atom. The van der Waals surface area contributed by atoms with Crippen LogP contribution in [-0.4, -0.2) is 31.2 Å². The average molecular weight is 599 g/mol. The molecule has 2 aliphatic carbocycles. The first-order chi connectivity index (χ1) is 19.3. The first kappa shape index (κ1) is 29.2. The van der Waals surface area contributed by atoms with Crippen molar-refractivity contribution in [2.24, 2.45) is 10.8 Å². The van der Waals surface area contributed by atoms with Gasteiger partial charge in [0.05, 0.1) is 22.8 Å². The van der Waals surface area contributed by atoms with Gasteiger partial charge in [-0.3, -0.25) is 14.4 Å². The van der Waals surface area contributed by atoms with E-state index in [1.165, 1.54) is 7.11 Å². The lowest BCUT2D eigenvalue weighted by Gasteiger charge is -2.42. The van der Waals surface area contributed by atoms with Crippen molar-refractivity contribution in [2.45, 2.75) is 59.3 Å². The minimum absolute atomic E-state index is 0.0444. The number of allylic oxidation sites excluding steroid dienone is 4. The van der Waals surface area contributed by atoms with E-state index in [1.54, 1.807) is 36.4 Å². The summed E-state index contributed by atoms with van der Waals surface area (Å²) < 4.78 is 17.8. The zero-order chi connectivity index (χ0) is 29.7. The summed E-state index contributed by atoms with van der Waals surface area (Å²) in [5.41, 5.74) is 1.58. The lowest BCUT2D eigenvalue weighted by Crippen LogP contribution is -2.37. The Morgan fingerprint density at radius 2 is 1.51 bits per heavy atom. The predicted molar refractivity (Wildman–Crippen MR) is 158 cm³/mol. The largest absolute Gasteiger partial charge is 0.493 e. The van der Waals surface area contributed by atoms with Gasteiger partial charge < -0.3 is 19.5 Å². The molecule has 1 amide bonds. The van der Waals surface area contributed by atoms with Crippen molar-refractivity contribution in [3.63, 3.8) is 0 Å². The Hall–Kier alpha value is -3.29. The molecule has 1 aliphatic heterocycles. The summed E-state index contributed by atoms with van der Waals surface area (Å²) in [7, 11) is 1.47. The van der Waals surface area contributed by atoms with E-state index in [0.29, 0.717) is 64.6 Å². The Bertz CT molecular complexity index is 1470. The molecule has 0 bridgehead atoms. The number of hydrogen-bond donors (Lipinski definition) is 1. The number of rotatable bonds is 6. The van der Waals surface area contributed by atoms with Gasteiger partial charge >= 0.3 is 0 Å². The highest BCUT2D eigenvalue weighted by atomic mass is 35.5. The first-order valence-corrected chi connectivity index (χ1v) is 14.3. The van der Waals surface area contributed by atoms with Gasteiger partial charge in [-0.1, -0.05) is 63.0 Å². The van der Waals surface area contributed by atoms with E-state index in [4.69, 9.17) is 37.4 Å². The standard InChI is InChI=1S/C32H33Cl2NO6/c1-31(2)12-21(36)28-24(14-31)41-25-15-32(3,4)13-22(37)29(25)27(28)17-10-19(34)30(23(11-17)39-5)40-16-26(38)35-20-9-7-6-8-18(20)33/h6-11,27H,12-16H2,1-5H3,(H,35,38). The van der Waals surface area contributed by atoms with Crippen LogP contribution < -0.4 is 14.8 Å². The number of para-hydroxylation sites is 1. The number of benzene rings is 2. The lowest BCUT2D eigenvalue weighted by atomic mass is 9.65. The molecule has 1 heterocycles. The van der Waals surface area contributed by atoms with Crippen molar-refractivity contribution >= 4 is 46.4 Å². The molecule has 41 heavy (non-hydrogen) atoms. The van der Waals surface area contributed by atoms with Gasteiger partial charge in [0.2, 0.25) is 0 Å². The monoisotopic (exact) mass is 597 g/mol. The van der Waals surface area contributed by atoms with Crippen LogP contribution in [0.4, 0.5) is 5.69 Å². The third-order valence-electron chi connectivity index (χ3n) is 7.66. The van der Waals surface area contributed by atoms with Crippen LogP contribution in [0.5, 0.6) is 11.5 Å². The maximum Gasteiger partial charge on any atom is 0.262 e. The molecule has 7 nitrogen and oxygen atoms in total. The molecule has 0 spiro atoms. The van der Waals surface area contributed by atoms with E-state index in [-0.39, 0.29) is 45.5 Å². The molecule has 0 saturated carbocycles. The van der Waals surface area contributed by atoms with Crippen LogP contribution in [0.1, 0.15) is 64.9 Å². The van der Waals surface area contributed by atoms with E-state index in [9.17, 15) is 14.4 Å². The fourth-order valence-electron chi connectivity index (χ4n) is 5.94. The fraction of sp³-hybridized carbons (Fsp3) is 0.406. The van der Waals surface area contributed by atoms with Crippen LogP contribution >= 0.6 is 23.2 Å². The number of anilines is 1. The van der Waals surface area contributed by atoms with Gasteiger partial charge in [0.25, 0.3) is 5.91 Å². The van der Waals surface area contributed by atoms with Crippen LogP contribution in [0.3, 0.4) is 0 Å². The van der Waals surface area contributed by atoms with Crippen molar-refractivity contribution in [1.29, 1.82) is 0 Å². The SMILES string of the molecule is COc1cc(C2C3=C(CC(C)(C)CC3=O)OC3=C2C(=O)CC(C)(C)C3)cc(Cl)c1OCC(=O)Nc1ccccc1Cl. The van der Waals surface area contributed by atoms with Gasteiger partial charge in [0, 0.05) is 42.7 Å². The molecule has 9 heteroatoms. The van der Waals surface area contributed by atoms with E-state index >= 15 is 0 Å². The summed E-state index contributed by atoms with van der Waals surface area (Å²) in [6.07, 6.45) is 1.87. The zero-order valence-electron chi connectivity index (χ0n) is 23.8. The summed E-state index contributed by atoms with van der Waals surface area (Å²) in [4.78, 5) is 39.7. The number of Topliss-reactive ketones (excluding diaryl/α,β-unsaturated/α-hetero) is 2. The molecule has 216 valence electrons. The number of carbonyl (C=O) groups excluding carboxylic acids is 3. The fourth-order valence-corrected chi connectivity index (χ4v) is 6.40. The molecular weight excluding hydrogens is 565 g/mol. The van der Waals surface area contributed by atoms with E-state index in [1.807, 2.05) is 27.7 Å². The minimum atomic E-state index is -0.634. The summed E-state index contributed by atoms with van der Waals surface area (Å²) in [5.74, 6) is 0.537. The Labute approximate surface area is 249 Å². The Kier molecular flexibility index (Phi) is 7.72. The molecule has 0 saturated heterocycles. The normalized spacial score (nSPS) is 19.8. The van der Waals surface area contributed by atoms with Gasteiger partial charge in [0.15, 0.2) is 29.7 Å². The number of ether oxygens (including phenoxy) is 3. The van der Waals surface area contributed by atoms with Gasteiger partial charge in [-0.2, -0.15) is 0 Å². The van der Waals surface area contributed by atoms with Crippen molar-refractivity contribution < 1.29 is 28.6 Å². The smallest absolute Gasteiger partial charge is 0.262 e. The topological polar surface area (TPSA) is 90.9 Å². The van der Waals surface area contributed by atoms with Crippen molar-refractivity contribution in [3.05, 3.63) is 74.7 Å². The highest BCUT2D eigenvalue weighted by molar-refractivity contribution is 6.33. The second kappa shape index (κ2) is 10.8. The molecule has 2 aromatic rings. The van der Waals surface area contributed by atoms with Crippen molar-refractivity contribution in [1.82, 2.24) is 0 Å². The molecule has 0 atom stereocenters. The molecule has 0 unspecified atom stereocenters. The van der Waals surface area contributed by atoms with Crippen molar-refractivity contribution in [2.75, 3.05) is 19.0 Å². The first-order valence-electron chi connectivity index (χ1n) is 13.5. The van der Waals surface area contributed by atoms with E-state index in [2.05, 4.69) is 5.32 Å². The maximum atomic E-state index is 13.6. The van der Waals surface area contributed by atoms with Crippen LogP contribution in [0, 0.1) is 10.8 Å². The summed E-state index contributed by atoms with van der Waals surface area (Å²) in [5, 5.41) is 3.30. The molecular formula is C32H33Cl2NO6. The molecule has 2 aromatic carbocycles. The van der Waals surface area contributed by atoms with Gasteiger partial charge in [-0.15, -0.1) is 0 Å². The summed E-state index contributed by atoms with van der Waals surface area (Å²) in [6, 6.07) is 10.3. The van der Waals surface area contributed by atoms with Crippen molar-refractivity contribution in [3.8, 4) is 11.5 Å². The third-order valence-corrected chi connectivity index (χ3v) is 8.27. The second-order valence-electron chi connectivity index (χ2n) is 12.4. The average Bonchev–Trinajstić information content (AvgIpc) is 2.86.